The number of hydrogen-bond acceptors (Lipinski definition) is 5. The number of carbonyl (C=O) groups excluding carboxylic acids is 1. The first-order valence-corrected chi connectivity index (χ1v) is 11.7. The molecule has 1 aliphatic heterocycles. The van der Waals surface area contributed by atoms with Crippen LogP contribution in [-0.4, -0.2) is 60.5 Å². The number of rotatable bonds is 4. The van der Waals surface area contributed by atoms with E-state index in [9.17, 15) is 18.0 Å². The number of halogens is 3. The molecule has 0 radical (unpaired) electrons. The zero-order chi connectivity index (χ0) is 26.0. The number of ether oxygens (including phenoxy) is 2. The normalized spacial score (nSPS) is 15.2. The van der Waals surface area contributed by atoms with Crippen LogP contribution in [0, 0.1) is 0 Å². The molecule has 1 saturated heterocycles. The van der Waals surface area contributed by atoms with Crippen LogP contribution in [0.5, 0.6) is 5.75 Å². The molecule has 0 bridgehead atoms. The summed E-state index contributed by atoms with van der Waals surface area (Å²) in [7, 11) is 0. The number of nitrogens with zero attached hydrogens (tertiary/aromatic N) is 3. The SMILES string of the molecule is CC(C)(C)OC(=O)N1CCN(c2cccc(-c3ccc(OCC(F)(F)F)c(C(C)(C)C)c3)n2)CC1. The van der Waals surface area contributed by atoms with Crippen LogP contribution in [0.1, 0.15) is 47.1 Å². The van der Waals surface area contributed by atoms with Gasteiger partial charge < -0.3 is 19.3 Å². The average molecular weight is 494 g/mol. The maximum absolute atomic E-state index is 12.7. The van der Waals surface area contributed by atoms with Gasteiger partial charge in [-0.3, -0.25) is 0 Å². The van der Waals surface area contributed by atoms with Crippen LogP contribution < -0.4 is 9.64 Å². The molecule has 0 N–H and O–H groups in total. The van der Waals surface area contributed by atoms with E-state index in [1.54, 1.807) is 17.0 Å². The molecule has 0 saturated carbocycles. The quantitative estimate of drug-likeness (QED) is 0.520. The third kappa shape index (κ3) is 7.50. The number of benzene rings is 1. The van der Waals surface area contributed by atoms with Crippen LogP contribution in [0.15, 0.2) is 36.4 Å². The molecule has 1 fully saturated rings. The zero-order valence-electron chi connectivity index (χ0n) is 21.2. The minimum absolute atomic E-state index is 0.216. The monoisotopic (exact) mass is 493 g/mol. The van der Waals surface area contributed by atoms with Crippen molar-refractivity contribution >= 4 is 11.9 Å². The molecule has 192 valence electrons. The van der Waals surface area contributed by atoms with E-state index in [0.717, 1.165) is 11.4 Å². The van der Waals surface area contributed by atoms with Gasteiger partial charge in [0.1, 0.15) is 17.2 Å². The number of aromatic nitrogens is 1. The molecule has 2 heterocycles. The lowest BCUT2D eigenvalue weighted by atomic mass is 9.85. The summed E-state index contributed by atoms with van der Waals surface area (Å²) in [6, 6.07) is 10.8. The smallest absolute Gasteiger partial charge is 0.422 e. The predicted molar refractivity (Wildman–Crippen MR) is 130 cm³/mol. The lowest BCUT2D eigenvalue weighted by molar-refractivity contribution is -0.153. The molecule has 0 unspecified atom stereocenters. The Labute approximate surface area is 205 Å². The fourth-order valence-corrected chi connectivity index (χ4v) is 3.77. The Hall–Kier alpha value is -2.97. The van der Waals surface area contributed by atoms with Gasteiger partial charge in [0.15, 0.2) is 6.61 Å². The number of piperazine rings is 1. The van der Waals surface area contributed by atoms with Gasteiger partial charge in [-0.2, -0.15) is 13.2 Å². The summed E-state index contributed by atoms with van der Waals surface area (Å²) in [5.74, 6) is 0.994. The third-order valence-electron chi connectivity index (χ3n) is 5.46. The van der Waals surface area contributed by atoms with Crippen LogP contribution >= 0.6 is 0 Å². The highest BCUT2D eigenvalue weighted by Crippen LogP contribution is 2.36. The summed E-state index contributed by atoms with van der Waals surface area (Å²) in [4.78, 5) is 20.9. The second-order valence-corrected chi connectivity index (χ2v) is 10.7. The third-order valence-corrected chi connectivity index (χ3v) is 5.46. The molecule has 1 aliphatic rings. The van der Waals surface area contributed by atoms with Gasteiger partial charge in [0, 0.05) is 37.3 Å². The fraction of sp³-hybridized carbons (Fsp3) is 0.538. The second kappa shape index (κ2) is 9.95. The fourth-order valence-electron chi connectivity index (χ4n) is 3.77. The predicted octanol–water partition coefficient (Wildman–Crippen LogP) is 6.04. The summed E-state index contributed by atoms with van der Waals surface area (Å²) in [5.41, 5.74) is 1.22. The lowest BCUT2D eigenvalue weighted by Gasteiger charge is -2.36. The Morgan fingerprint density at radius 2 is 1.63 bits per heavy atom. The summed E-state index contributed by atoms with van der Waals surface area (Å²) < 4.78 is 48.7. The first-order chi connectivity index (χ1) is 16.1. The second-order valence-electron chi connectivity index (χ2n) is 10.7. The molecule has 9 heteroatoms. The van der Waals surface area contributed by atoms with Gasteiger partial charge in [0.2, 0.25) is 0 Å². The van der Waals surface area contributed by atoms with Gasteiger partial charge in [-0.05, 0) is 56.5 Å². The number of alkyl halides is 3. The van der Waals surface area contributed by atoms with E-state index in [1.807, 2.05) is 65.8 Å². The maximum Gasteiger partial charge on any atom is 0.422 e. The molecular formula is C26H34F3N3O3. The first kappa shape index (κ1) is 26.6. The molecule has 3 rings (SSSR count). The molecule has 1 aromatic heterocycles. The van der Waals surface area contributed by atoms with Crippen molar-refractivity contribution in [2.75, 3.05) is 37.7 Å². The topological polar surface area (TPSA) is 54.9 Å². The van der Waals surface area contributed by atoms with E-state index in [0.29, 0.717) is 37.4 Å². The molecule has 2 aromatic rings. The molecule has 0 spiro atoms. The molecule has 0 aliphatic carbocycles. The molecule has 6 nitrogen and oxygen atoms in total. The summed E-state index contributed by atoms with van der Waals surface area (Å²) >= 11 is 0. The minimum Gasteiger partial charge on any atom is -0.484 e. The van der Waals surface area contributed by atoms with Crippen LogP contribution in [0.2, 0.25) is 0 Å². The number of hydrogen-bond donors (Lipinski definition) is 0. The van der Waals surface area contributed by atoms with E-state index in [-0.39, 0.29) is 11.8 Å². The van der Waals surface area contributed by atoms with E-state index >= 15 is 0 Å². The number of anilines is 1. The van der Waals surface area contributed by atoms with E-state index in [2.05, 4.69) is 4.90 Å². The molecule has 35 heavy (non-hydrogen) atoms. The molecule has 1 amide bonds. The molecular weight excluding hydrogens is 459 g/mol. The Bertz CT molecular complexity index is 1030. The highest BCUT2D eigenvalue weighted by atomic mass is 19.4. The van der Waals surface area contributed by atoms with Gasteiger partial charge in [-0.15, -0.1) is 0 Å². The van der Waals surface area contributed by atoms with Crippen LogP contribution in [0.3, 0.4) is 0 Å². The lowest BCUT2D eigenvalue weighted by Crippen LogP contribution is -2.50. The zero-order valence-corrected chi connectivity index (χ0v) is 21.2. The highest BCUT2D eigenvalue weighted by molar-refractivity contribution is 5.69. The Morgan fingerprint density at radius 3 is 2.20 bits per heavy atom. The van der Waals surface area contributed by atoms with Crippen molar-refractivity contribution in [2.24, 2.45) is 0 Å². The largest absolute Gasteiger partial charge is 0.484 e. The molecule has 0 atom stereocenters. The van der Waals surface area contributed by atoms with Crippen molar-refractivity contribution in [3.63, 3.8) is 0 Å². The minimum atomic E-state index is -4.41. The van der Waals surface area contributed by atoms with Gasteiger partial charge in [0.25, 0.3) is 0 Å². The van der Waals surface area contributed by atoms with Gasteiger partial charge in [-0.25, -0.2) is 9.78 Å². The summed E-state index contributed by atoms with van der Waals surface area (Å²) in [5, 5.41) is 0. The summed E-state index contributed by atoms with van der Waals surface area (Å²) in [6.07, 6.45) is -4.72. The van der Waals surface area contributed by atoms with Crippen molar-refractivity contribution in [1.82, 2.24) is 9.88 Å². The maximum atomic E-state index is 12.7. The van der Waals surface area contributed by atoms with Crippen molar-refractivity contribution < 1.29 is 27.4 Å². The molecule has 1 aromatic carbocycles. The van der Waals surface area contributed by atoms with Crippen LogP contribution in [0.4, 0.5) is 23.8 Å². The average Bonchev–Trinajstić information content (AvgIpc) is 2.75. The van der Waals surface area contributed by atoms with Crippen molar-refractivity contribution in [3.05, 3.63) is 42.0 Å². The van der Waals surface area contributed by atoms with Crippen LogP contribution in [-0.2, 0) is 10.2 Å². The Balaban J connectivity index is 1.77. The standard InChI is InChI=1S/C26H34F3N3O3/c1-24(2,3)19-16-18(10-11-21(19)34-17-26(27,28)29)20-8-7-9-22(30-20)31-12-14-32(15-13-31)23(33)35-25(4,5)6/h7-11,16H,12-15,17H2,1-6H3. The Kier molecular flexibility index (Phi) is 7.57. The Morgan fingerprint density at radius 1 is 0.971 bits per heavy atom. The van der Waals surface area contributed by atoms with Crippen LogP contribution in [0.25, 0.3) is 11.3 Å². The van der Waals surface area contributed by atoms with Gasteiger partial charge >= 0.3 is 12.3 Å². The van der Waals surface area contributed by atoms with Gasteiger partial charge in [-0.1, -0.05) is 26.8 Å². The van der Waals surface area contributed by atoms with Crippen molar-refractivity contribution in [2.45, 2.75) is 58.7 Å². The summed E-state index contributed by atoms with van der Waals surface area (Å²) in [6.45, 7) is 12.3. The number of amides is 1. The van der Waals surface area contributed by atoms with Gasteiger partial charge in [0.05, 0.1) is 5.69 Å². The van der Waals surface area contributed by atoms with E-state index in [4.69, 9.17) is 14.5 Å². The van der Waals surface area contributed by atoms with E-state index in [1.165, 1.54) is 0 Å². The first-order valence-electron chi connectivity index (χ1n) is 11.7. The number of pyridine rings is 1. The number of carbonyl (C=O) groups is 1. The van der Waals surface area contributed by atoms with E-state index < -0.39 is 23.8 Å². The van der Waals surface area contributed by atoms with Crippen molar-refractivity contribution in [1.29, 1.82) is 0 Å². The van der Waals surface area contributed by atoms with Crippen molar-refractivity contribution in [3.8, 4) is 17.0 Å². The highest BCUT2D eigenvalue weighted by Gasteiger charge is 2.30.